The number of hydrogen-bond acceptors (Lipinski definition) is 3. The molecule has 0 amide bonds. The van der Waals surface area contributed by atoms with Gasteiger partial charge in [0, 0.05) is 29.2 Å². The minimum absolute atomic E-state index is 0.0786. The van der Waals surface area contributed by atoms with Gasteiger partial charge in [-0.1, -0.05) is 23.7 Å². The maximum absolute atomic E-state index is 5.91. The van der Waals surface area contributed by atoms with Crippen LogP contribution in [0.5, 0.6) is 0 Å². The van der Waals surface area contributed by atoms with Crippen LogP contribution >= 0.6 is 11.6 Å². The van der Waals surface area contributed by atoms with E-state index in [9.17, 15) is 0 Å². The predicted molar refractivity (Wildman–Crippen MR) is 87.6 cm³/mol. The molecule has 0 radical (unpaired) electrons. The predicted octanol–water partition coefficient (Wildman–Crippen LogP) is 3.92. The van der Waals surface area contributed by atoms with E-state index in [-0.39, 0.29) is 5.54 Å². The molecule has 0 atom stereocenters. The maximum Gasteiger partial charge on any atom is 0.133 e. The molecule has 1 heterocycles. The molecule has 2 rings (SSSR count). The summed E-state index contributed by atoms with van der Waals surface area (Å²) in [6.07, 6.45) is 0.724. The lowest BCUT2D eigenvalue weighted by Crippen LogP contribution is -2.35. The number of benzene rings is 1. The summed E-state index contributed by atoms with van der Waals surface area (Å²) in [5.74, 6) is 0.850. The van der Waals surface area contributed by atoms with E-state index >= 15 is 0 Å². The largest absolute Gasteiger partial charge is 0.306 e. The van der Waals surface area contributed by atoms with Crippen molar-refractivity contribution in [1.29, 1.82) is 0 Å². The highest BCUT2D eigenvalue weighted by Crippen LogP contribution is 2.13. The van der Waals surface area contributed by atoms with Crippen LogP contribution in [0.3, 0.4) is 0 Å². The molecule has 0 aliphatic heterocycles. The third-order valence-corrected chi connectivity index (χ3v) is 3.28. The van der Waals surface area contributed by atoms with E-state index in [1.807, 2.05) is 37.3 Å². The second-order valence-corrected chi connectivity index (χ2v) is 6.76. The Labute approximate surface area is 131 Å². The van der Waals surface area contributed by atoms with Crippen molar-refractivity contribution >= 4 is 11.6 Å². The van der Waals surface area contributed by atoms with Crippen LogP contribution < -0.4 is 5.32 Å². The fourth-order valence-electron chi connectivity index (χ4n) is 2.01. The first kappa shape index (κ1) is 15.9. The number of aryl methyl sites for hydroxylation is 1. The van der Waals surface area contributed by atoms with Crippen molar-refractivity contribution in [2.75, 3.05) is 0 Å². The van der Waals surface area contributed by atoms with Gasteiger partial charge in [0.2, 0.25) is 0 Å². The minimum Gasteiger partial charge on any atom is -0.306 e. The third-order valence-electron chi connectivity index (χ3n) is 3.03. The van der Waals surface area contributed by atoms with Crippen LogP contribution in [0.15, 0.2) is 30.3 Å². The molecule has 0 unspecified atom stereocenters. The van der Waals surface area contributed by atoms with Crippen LogP contribution in [0.4, 0.5) is 0 Å². The number of hydrogen-bond donors (Lipinski definition) is 1. The molecular formula is C17H22ClN3. The van der Waals surface area contributed by atoms with Gasteiger partial charge in [0.1, 0.15) is 5.82 Å². The lowest BCUT2D eigenvalue weighted by molar-refractivity contribution is 0.420. The van der Waals surface area contributed by atoms with Crippen molar-refractivity contribution in [2.24, 2.45) is 0 Å². The van der Waals surface area contributed by atoms with Crippen LogP contribution in [0, 0.1) is 6.92 Å². The summed E-state index contributed by atoms with van der Waals surface area (Å²) in [6, 6.07) is 9.86. The highest BCUT2D eigenvalue weighted by Gasteiger charge is 2.10. The molecule has 112 valence electrons. The summed E-state index contributed by atoms with van der Waals surface area (Å²) in [4.78, 5) is 9.17. The van der Waals surface area contributed by atoms with Gasteiger partial charge in [-0.05, 0) is 51.5 Å². The first-order valence-electron chi connectivity index (χ1n) is 7.15. The van der Waals surface area contributed by atoms with Gasteiger partial charge in [0.15, 0.2) is 0 Å². The van der Waals surface area contributed by atoms with Crippen molar-refractivity contribution in [3.05, 3.63) is 58.1 Å². The van der Waals surface area contributed by atoms with Gasteiger partial charge >= 0.3 is 0 Å². The number of halogens is 1. The zero-order valence-corrected chi connectivity index (χ0v) is 13.8. The van der Waals surface area contributed by atoms with Gasteiger partial charge in [-0.3, -0.25) is 0 Å². The van der Waals surface area contributed by atoms with E-state index in [2.05, 4.69) is 36.1 Å². The highest BCUT2D eigenvalue weighted by molar-refractivity contribution is 6.30. The average molecular weight is 304 g/mol. The van der Waals surface area contributed by atoms with Crippen molar-refractivity contribution in [1.82, 2.24) is 15.3 Å². The second kappa shape index (κ2) is 6.54. The standard InChI is InChI=1S/C17H22ClN3/c1-12-9-15(11-19-17(2,3)4)21-16(20-12)10-13-5-7-14(18)8-6-13/h5-9,19H,10-11H2,1-4H3. The Kier molecular flexibility index (Phi) is 4.96. The third kappa shape index (κ3) is 5.44. The zero-order valence-electron chi connectivity index (χ0n) is 13.1. The molecule has 0 saturated heterocycles. The average Bonchev–Trinajstić information content (AvgIpc) is 2.38. The van der Waals surface area contributed by atoms with Gasteiger partial charge in [-0.2, -0.15) is 0 Å². The molecule has 4 heteroatoms. The topological polar surface area (TPSA) is 37.8 Å². The Morgan fingerprint density at radius 3 is 2.38 bits per heavy atom. The van der Waals surface area contributed by atoms with E-state index in [1.54, 1.807) is 0 Å². The van der Waals surface area contributed by atoms with Crippen LogP contribution in [0.25, 0.3) is 0 Å². The van der Waals surface area contributed by atoms with Crippen LogP contribution in [0.1, 0.15) is 43.5 Å². The number of rotatable bonds is 4. The number of nitrogens with one attached hydrogen (secondary N) is 1. The van der Waals surface area contributed by atoms with E-state index < -0.39 is 0 Å². The first-order valence-corrected chi connectivity index (χ1v) is 7.52. The smallest absolute Gasteiger partial charge is 0.133 e. The molecule has 2 aromatic rings. The summed E-state index contributed by atoms with van der Waals surface area (Å²) in [5, 5.41) is 4.21. The summed E-state index contributed by atoms with van der Waals surface area (Å²) in [7, 11) is 0. The van der Waals surface area contributed by atoms with Gasteiger partial charge in [-0.15, -0.1) is 0 Å². The summed E-state index contributed by atoms with van der Waals surface area (Å²) in [5.41, 5.74) is 3.27. The fraction of sp³-hybridized carbons (Fsp3) is 0.412. The minimum atomic E-state index is 0.0786. The molecule has 0 fully saturated rings. The summed E-state index contributed by atoms with van der Waals surface area (Å²) in [6.45, 7) is 9.20. The van der Waals surface area contributed by atoms with Crippen LogP contribution in [0.2, 0.25) is 5.02 Å². The van der Waals surface area contributed by atoms with Gasteiger partial charge in [0.05, 0.1) is 5.69 Å². The molecule has 1 N–H and O–H groups in total. The molecule has 1 aromatic heterocycles. The maximum atomic E-state index is 5.91. The van der Waals surface area contributed by atoms with Crippen molar-refractivity contribution in [3.63, 3.8) is 0 Å². The SMILES string of the molecule is Cc1cc(CNC(C)(C)C)nc(Cc2ccc(Cl)cc2)n1. The van der Waals surface area contributed by atoms with E-state index in [0.717, 1.165) is 35.2 Å². The lowest BCUT2D eigenvalue weighted by Gasteiger charge is -2.20. The molecule has 0 aliphatic rings. The first-order chi connectivity index (χ1) is 9.82. The highest BCUT2D eigenvalue weighted by atomic mass is 35.5. The lowest BCUT2D eigenvalue weighted by atomic mass is 10.1. The molecule has 0 saturated carbocycles. The van der Waals surface area contributed by atoms with E-state index in [4.69, 9.17) is 11.6 Å². The molecule has 0 spiro atoms. The molecule has 3 nitrogen and oxygen atoms in total. The second-order valence-electron chi connectivity index (χ2n) is 6.32. The van der Waals surface area contributed by atoms with E-state index in [0.29, 0.717) is 0 Å². The Bertz CT molecular complexity index is 600. The van der Waals surface area contributed by atoms with Crippen molar-refractivity contribution in [3.8, 4) is 0 Å². The molecule has 0 bridgehead atoms. The van der Waals surface area contributed by atoms with Crippen molar-refractivity contribution < 1.29 is 0 Å². The summed E-state index contributed by atoms with van der Waals surface area (Å²) < 4.78 is 0. The summed E-state index contributed by atoms with van der Waals surface area (Å²) >= 11 is 5.91. The molecular weight excluding hydrogens is 282 g/mol. The van der Waals surface area contributed by atoms with Crippen LogP contribution in [-0.2, 0) is 13.0 Å². The van der Waals surface area contributed by atoms with Crippen LogP contribution in [-0.4, -0.2) is 15.5 Å². The van der Waals surface area contributed by atoms with E-state index in [1.165, 1.54) is 5.56 Å². The van der Waals surface area contributed by atoms with Gasteiger partial charge < -0.3 is 5.32 Å². The van der Waals surface area contributed by atoms with Crippen molar-refractivity contribution in [2.45, 2.75) is 46.2 Å². The fourth-order valence-corrected chi connectivity index (χ4v) is 2.14. The monoisotopic (exact) mass is 303 g/mol. The number of nitrogens with zero attached hydrogens (tertiary/aromatic N) is 2. The quantitative estimate of drug-likeness (QED) is 0.930. The van der Waals surface area contributed by atoms with Gasteiger partial charge in [-0.25, -0.2) is 9.97 Å². The Hall–Kier alpha value is -1.45. The molecule has 1 aromatic carbocycles. The molecule has 21 heavy (non-hydrogen) atoms. The Morgan fingerprint density at radius 2 is 1.76 bits per heavy atom. The van der Waals surface area contributed by atoms with Gasteiger partial charge in [0.25, 0.3) is 0 Å². The normalized spacial score (nSPS) is 11.7. The number of aromatic nitrogens is 2. The Balaban J connectivity index is 2.13. The zero-order chi connectivity index (χ0) is 15.5. The Morgan fingerprint density at radius 1 is 1.10 bits per heavy atom. The molecule has 0 aliphatic carbocycles.